The lowest BCUT2D eigenvalue weighted by Crippen LogP contribution is -2.42. The van der Waals surface area contributed by atoms with Crippen LogP contribution in [0.3, 0.4) is 0 Å². The number of carbonyl (C=O) groups is 1. The number of fused-ring (bicyclic) bond motifs is 1. The Morgan fingerprint density at radius 1 is 1.42 bits per heavy atom. The molecule has 1 N–H and O–H groups in total. The molecule has 7 heteroatoms. The zero-order valence-corrected chi connectivity index (χ0v) is 14.8. The van der Waals surface area contributed by atoms with Gasteiger partial charge in [-0.15, -0.1) is 11.3 Å². The predicted octanol–water partition coefficient (Wildman–Crippen LogP) is 1.84. The number of rotatable bonds is 6. The summed E-state index contributed by atoms with van der Waals surface area (Å²) in [5.74, 6) is -0.0167. The van der Waals surface area contributed by atoms with Crippen molar-refractivity contribution in [3.8, 4) is 0 Å². The molecule has 6 nitrogen and oxygen atoms in total. The highest BCUT2D eigenvalue weighted by molar-refractivity contribution is 7.16. The topological polar surface area (TPSA) is 67.2 Å². The number of piperidine rings is 1. The largest absolute Gasteiger partial charge is 0.355 e. The van der Waals surface area contributed by atoms with Crippen LogP contribution in [0.25, 0.3) is 10.2 Å². The molecule has 3 heterocycles. The number of aromatic nitrogens is 2. The average Bonchev–Trinajstić information content (AvgIpc) is 3.05. The van der Waals surface area contributed by atoms with Gasteiger partial charge in [0.05, 0.1) is 11.7 Å². The van der Waals surface area contributed by atoms with Gasteiger partial charge >= 0.3 is 0 Å². The van der Waals surface area contributed by atoms with Crippen LogP contribution in [0.5, 0.6) is 0 Å². The number of nitrogens with zero attached hydrogens (tertiary/aromatic N) is 3. The van der Waals surface area contributed by atoms with E-state index in [-0.39, 0.29) is 11.5 Å². The first kappa shape index (κ1) is 17.1. The van der Waals surface area contributed by atoms with E-state index in [1.54, 1.807) is 6.07 Å². The van der Waals surface area contributed by atoms with Crippen molar-refractivity contribution in [2.75, 3.05) is 19.6 Å². The van der Waals surface area contributed by atoms with Gasteiger partial charge < -0.3 is 5.32 Å². The smallest absolute Gasteiger partial charge is 0.262 e. The van der Waals surface area contributed by atoms with Gasteiger partial charge in [-0.3, -0.25) is 19.1 Å². The zero-order chi connectivity index (χ0) is 16.9. The fourth-order valence-corrected chi connectivity index (χ4v) is 3.92. The fourth-order valence-electron chi connectivity index (χ4n) is 3.19. The summed E-state index contributed by atoms with van der Waals surface area (Å²) in [6, 6.07) is 2.39. The van der Waals surface area contributed by atoms with E-state index in [9.17, 15) is 9.59 Å². The summed E-state index contributed by atoms with van der Waals surface area (Å²) in [6.45, 7) is 5.30. The summed E-state index contributed by atoms with van der Waals surface area (Å²) in [4.78, 5) is 31.7. The molecule has 1 aliphatic heterocycles. The second-order valence-corrected chi connectivity index (χ2v) is 7.26. The summed E-state index contributed by atoms with van der Waals surface area (Å²) in [5.41, 5.74) is -0.0730. The van der Waals surface area contributed by atoms with Crippen molar-refractivity contribution in [3.63, 3.8) is 0 Å². The molecule has 130 valence electrons. The Labute approximate surface area is 145 Å². The normalized spacial score (nSPS) is 18.8. The first-order chi connectivity index (χ1) is 11.6. The number of aryl methyl sites for hydroxylation is 1. The summed E-state index contributed by atoms with van der Waals surface area (Å²) in [5, 5.41) is 5.44. The average molecular weight is 348 g/mol. The molecule has 0 radical (unpaired) electrons. The van der Waals surface area contributed by atoms with Crippen molar-refractivity contribution < 1.29 is 4.79 Å². The maximum absolute atomic E-state index is 12.2. The molecular weight excluding hydrogens is 324 g/mol. The molecule has 1 atom stereocenters. The lowest BCUT2D eigenvalue weighted by molar-refractivity contribution is -0.121. The lowest BCUT2D eigenvalue weighted by Gasteiger charge is -2.33. The summed E-state index contributed by atoms with van der Waals surface area (Å²) in [6.07, 6.45) is 5.63. The number of likely N-dealkylation sites (tertiary alicyclic amines) is 1. The van der Waals surface area contributed by atoms with E-state index in [2.05, 4.69) is 22.1 Å². The highest BCUT2D eigenvalue weighted by Crippen LogP contribution is 2.15. The van der Waals surface area contributed by atoms with Gasteiger partial charge in [-0.05, 0) is 37.8 Å². The van der Waals surface area contributed by atoms with Crippen LogP contribution in [0.2, 0.25) is 0 Å². The standard InChI is InChI=1S/C17H24N4O2S/c1-13-4-2-3-8-20(13)10-7-18-15(22)5-9-21-12-19-16-14(17(21)23)6-11-24-16/h6,11-13H,2-5,7-10H2,1H3,(H,18,22). The Bertz CT molecular complexity index is 754. The van der Waals surface area contributed by atoms with Gasteiger partial charge in [0.15, 0.2) is 0 Å². The Morgan fingerprint density at radius 2 is 2.29 bits per heavy atom. The Balaban J connectivity index is 1.45. The minimum atomic E-state index is -0.0730. The van der Waals surface area contributed by atoms with Crippen LogP contribution < -0.4 is 10.9 Å². The maximum atomic E-state index is 12.2. The molecule has 1 saturated heterocycles. The quantitative estimate of drug-likeness (QED) is 0.865. The molecule has 2 aromatic heterocycles. The van der Waals surface area contributed by atoms with Gasteiger partial charge in [0.1, 0.15) is 4.83 Å². The SMILES string of the molecule is CC1CCCCN1CCNC(=O)CCn1cnc2sccc2c1=O. The van der Waals surface area contributed by atoms with Gasteiger partial charge in [-0.25, -0.2) is 4.98 Å². The molecule has 0 aromatic carbocycles. The Morgan fingerprint density at radius 3 is 3.12 bits per heavy atom. The molecule has 0 bridgehead atoms. The molecule has 3 rings (SSSR count). The molecule has 1 fully saturated rings. The number of hydrogen-bond donors (Lipinski definition) is 1. The molecule has 1 amide bonds. The van der Waals surface area contributed by atoms with Crippen molar-refractivity contribution in [3.05, 3.63) is 28.1 Å². The van der Waals surface area contributed by atoms with Gasteiger partial charge in [-0.1, -0.05) is 6.42 Å². The first-order valence-corrected chi connectivity index (χ1v) is 9.46. The fraction of sp³-hybridized carbons (Fsp3) is 0.588. The van der Waals surface area contributed by atoms with Crippen LogP contribution in [-0.4, -0.2) is 46.0 Å². The van der Waals surface area contributed by atoms with Crippen molar-refractivity contribution >= 4 is 27.5 Å². The minimum absolute atomic E-state index is 0.0167. The summed E-state index contributed by atoms with van der Waals surface area (Å²) < 4.78 is 1.52. The van der Waals surface area contributed by atoms with E-state index >= 15 is 0 Å². The van der Waals surface area contributed by atoms with E-state index in [1.807, 2.05) is 5.38 Å². The van der Waals surface area contributed by atoms with Crippen molar-refractivity contribution in [2.45, 2.75) is 45.2 Å². The highest BCUT2D eigenvalue weighted by atomic mass is 32.1. The van der Waals surface area contributed by atoms with Gasteiger partial charge in [0.2, 0.25) is 5.91 Å². The number of carbonyl (C=O) groups excluding carboxylic acids is 1. The van der Waals surface area contributed by atoms with Crippen LogP contribution in [0.1, 0.15) is 32.6 Å². The van der Waals surface area contributed by atoms with E-state index in [1.165, 1.54) is 41.5 Å². The monoisotopic (exact) mass is 348 g/mol. The number of amides is 1. The predicted molar refractivity (Wildman–Crippen MR) is 96.4 cm³/mol. The minimum Gasteiger partial charge on any atom is -0.355 e. The van der Waals surface area contributed by atoms with E-state index in [0.717, 1.165) is 17.9 Å². The van der Waals surface area contributed by atoms with Gasteiger partial charge in [0.25, 0.3) is 5.56 Å². The number of nitrogens with one attached hydrogen (secondary N) is 1. The highest BCUT2D eigenvalue weighted by Gasteiger charge is 2.17. The Hall–Kier alpha value is -1.73. The lowest BCUT2D eigenvalue weighted by atomic mass is 10.0. The molecule has 2 aromatic rings. The third-order valence-electron chi connectivity index (χ3n) is 4.69. The summed E-state index contributed by atoms with van der Waals surface area (Å²) >= 11 is 1.45. The van der Waals surface area contributed by atoms with E-state index in [4.69, 9.17) is 0 Å². The maximum Gasteiger partial charge on any atom is 0.262 e. The van der Waals surface area contributed by atoms with Gasteiger partial charge in [-0.2, -0.15) is 0 Å². The molecule has 1 aliphatic rings. The third kappa shape index (κ3) is 4.02. The number of hydrogen-bond acceptors (Lipinski definition) is 5. The molecule has 0 aliphatic carbocycles. The van der Waals surface area contributed by atoms with E-state index < -0.39 is 0 Å². The molecule has 1 unspecified atom stereocenters. The second-order valence-electron chi connectivity index (χ2n) is 6.36. The van der Waals surface area contributed by atoms with Crippen molar-refractivity contribution in [1.29, 1.82) is 0 Å². The van der Waals surface area contributed by atoms with Crippen LogP contribution in [-0.2, 0) is 11.3 Å². The number of thiophene rings is 1. The molecule has 0 spiro atoms. The summed E-state index contributed by atoms with van der Waals surface area (Å²) in [7, 11) is 0. The third-order valence-corrected chi connectivity index (χ3v) is 5.51. The van der Waals surface area contributed by atoms with Crippen LogP contribution in [0.4, 0.5) is 0 Å². The Kier molecular flexibility index (Phi) is 5.63. The molecule has 0 saturated carbocycles. The van der Waals surface area contributed by atoms with Crippen LogP contribution in [0, 0.1) is 0 Å². The molecular formula is C17H24N4O2S. The zero-order valence-electron chi connectivity index (χ0n) is 14.0. The van der Waals surface area contributed by atoms with Crippen LogP contribution >= 0.6 is 11.3 Å². The van der Waals surface area contributed by atoms with E-state index in [0.29, 0.717) is 30.9 Å². The van der Waals surface area contributed by atoms with Crippen molar-refractivity contribution in [1.82, 2.24) is 19.8 Å². The second kappa shape index (κ2) is 7.90. The first-order valence-electron chi connectivity index (χ1n) is 8.58. The molecule has 24 heavy (non-hydrogen) atoms. The van der Waals surface area contributed by atoms with Crippen molar-refractivity contribution in [2.24, 2.45) is 0 Å². The van der Waals surface area contributed by atoms with Crippen LogP contribution in [0.15, 0.2) is 22.6 Å². The van der Waals surface area contributed by atoms with Gasteiger partial charge in [0, 0.05) is 32.1 Å².